The van der Waals surface area contributed by atoms with E-state index in [1.807, 2.05) is 0 Å². The summed E-state index contributed by atoms with van der Waals surface area (Å²) in [5.41, 5.74) is 2.56. The van der Waals surface area contributed by atoms with Gasteiger partial charge in [-0.15, -0.1) is 0 Å². The summed E-state index contributed by atoms with van der Waals surface area (Å²) < 4.78 is 0. The molecule has 2 N–H and O–H groups in total. The first kappa shape index (κ1) is 9.04. The number of hydrogen-bond acceptors (Lipinski definition) is 2. The fraction of sp³-hybridized carbons (Fsp3) is 0.500. The molecule has 0 radical (unpaired) electrons. The molecule has 2 heteroatoms. The van der Waals surface area contributed by atoms with E-state index in [2.05, 4.69) is 18.8 Å². The van der Waals surface area contributed by atoms with Crippen molar-refractivity contribution in [3.63, 3.8) is 0 Å². The summed E-state index contributed by atoms with van der Waals surface area (Å²) in [5.74, 6) is 0.348. The van der Waals surface area contributed by atoms with Gasteiger partial charge in [0.15, 0.2) is 0 Å². The Hall–Kier alpha value is -1.05. The zero-order valence-corrected chi connectivity index (χ0v) is 7.56. The standard InChI is InChI=1S/C10H16N2/c1-3-12-10-6-4-5-9(7-11)8(10)2/h3,7,9,11-12H,1,4-6H2,2H3. The van der Waals surface area contributed by atoms with Gasteiger partial charge in [0.2, 0.25) is 0 Å². The molecular weight excluding hydrogens is 148 g/mol. The number of hydrogen-bond donors (Lipinski definition) is 2. The highest BCUT2D eigenvalue weighted by atomic mass is 14.9. The minimum absolute atomic E-state index is 0.348. The molecule has 1 aliphatic carbocycles. The van der Waals surface area contributed by atoms with Crippen molar-refractivity contribution < 1.29 is 0 Å². The first-order valence-corrected chi connectivity index (χ1v) is 4.37. The topological polar surface area (TPSA) is 35.9 Å². The predicted octanol–water partition coefficient (Wildman–Crippen LogP) is 2.44. The minimum Gasteiger partial charge on any atom is -0.366 e. The monoisotopic (exact) mass is 164 g/mol. The zero-order chi connectivity index (χ0) is 8.97. The van der Waals surface area contributed by atoms with Crippen molar-refractivity contribution in [2.45, 2.75) is 26.2 Å². The maximum atomic E-state index is 7.24. The molecule has 1 rings (SSSR count). The highest BCUT2D eigenvalue weighted by Gasteiger charge is 2.16. The van der Waals surface area contributed by atoms with Crippen LogP contribution in [0.2, 0.25) is 0 Å². The van der Waals surface area contributed by atoms with Crippen LogP contribution < -0.4 is 5.32 Å². The van der Waals surface area contributed by atoms with E-state index in [1.165, 1.54) is 17.7 Å². The van der Waals surface area contributed by atoms with E-state index in [-0.39, 0.29) is 0 Å². The fourth-order valence-corrected chi connectivity index (χ4v) is 1.65. The second-order valence-corrected chi connectivity index (χ2v) is 3.18. The SMILES string of the molecule is C=CNC1=C(C)C(C=N)CCC1. The Labute approximate surface area is 73.9 Å². The Kier molecular flexibility index (Phi) is 3.09. The van der Waals surface area contributed by atoms with E-state index < -0.39 is 0 Å². The molecule has 1 unspecified atom stereocenters. The maximum Gasteiger partial charge on any atom is 0.0162 e. The third-order valence-corrected chi connectivity index (χ3v) is 2.45. The van der Waals surface area contributed by atoms with Gasteiger partial charge in [-0.05, 0) is 38.0 Å². The van der Waals surface area contributed by atoms with Gasteiger partial charge in [0.1, 0.15) is 0 Å². The summed E-state index contributed by atoms with van der Waals surface area (Å²) in [5, 5.41) is 10.4. The summed E-state index contributed by atoms with van der Waals surface area (Å²) in [4.78, 5) is 0. The van der Waals surface area contributed by atoms with Crippen LogP contribution in [0.15, 0.2) is 24.0 Å². The third kappa shape index (κ3) is 1.76. The normalized spacial score (nSPS) is 23.6. The van der Waals surface area contributed by atoms with E-state index >= 15 is 0 Å². The average molecular weight is 164 g/mol. The van der Waals surface area contributed by atoms with Crippen LogP contribution in [0.3, 0.4) is 0 Å². The van der Waals surface area contributed by atoms with Crippen LogP contribution in [0.25, 0.3) is 0 Å². The highest BCUT2D eigenvalue weighted by Crippen LogP contribution is 2.26. The molecule has 66 valence electrons. The van der Waals surface area contributed by atoms with Gasteiger partial charge in [0.05, 0.1) is 0 Å². The summed E-state index contributed by atoms with van der Waals surface area (Å²) in [6.45, 7) is 5.74. The molecule has 0 bridgehead atoms. The minimum atomic E-state index is 0.348. The highest BCUT2D eigenvalue weighted by molar-refractivity contribution is 5.62. The van der Waals surface area contributed by atoms with E-state index in [4.69, 9.17) is 5.41 Å². The van der Waals surface area contributed by atoms with Crippen LogP contribution >= 0.6 is 0 Å². The van der Waals surface area contributed by atoms with Crippen LogP contribution in [0.4, 0.5) is 0 Å². The summed E-state index contributed by atoms with van der Waals surface area (Å²) in [6.07, 6.45) is 6.65. The lowest BCUT2D eigenvalue weighted by atomic mass is 9.87. The Morgan fingerprint density at radius 3 is 3.00 bits per heavy atom. The molecule has 0 aromatic rings. The molecule has 0 aromatic heterocycles. The second kappa shape index (κ2) is 4.10. The summed E-state index contributed by atoms with van der Waals surface area (Å²) in [7, 11) is 0. The average Bonchev–Trinajstić information content (AvgIpc) is 2.09. The van der Waals surface area contributed by atoms with E-state index in [9.17, 15) is 0 Å². The van der Waals surface area contributed by atoms with Crippen molar-refractivity contribution >= 4 is 6.21 Å². The molecule has 0 aliphatic heterocycles. The van der Waals surface area contributed by atoms with Crippen LogP contribution in [0, 0.1) is 11.3 Å². The lowest BCUT2D eigenvalue weighted by Gasteiger charge is -2.23. The zero-order valence-electron chi connectivity index (χ0n) is 7.56. The van der Waals surface area contributed by atoms with Gasteiger partial charge in [0.25, 0.3) is 0 Å². The largest absolute Gasteiger partial charge is 0.366 e. The first-order valence-electron chi connectivity index (χ1n) is 4.37. The van der Waals surface area contributed by atoms with Crippen molar-refractivity contribution in [3.8, 4) is 0 Å². The molecule has 0 heterocycles. The van der Waals surface area contributed by atoms with E-state index in [1.54, 1.807) is 12.4 Å². The Morgan fingerprint density at radius 1 is 1.67 bits per heavy atom. The van der Waals surface area contributed by atoms with Gasteiger partial charge in [-0.25, -0.2) is 0 Å². The van der Waals surface area contributed by atoms with Crippen LogP contribution in [0.1, 0.15) is 26.2 Å². The van der Waals surface area contributed by atoms with Crippen molar-refractivity contribution in [2.24, 2.45) is 5.92 Å². The molecule has 0 saturated carbocycles. The van der Waals surface area contributed by atoms with Crippen molar-refractivity contribution in [2.75, 3.05) is 0 Å². The second-order valence-electron chi connectivity index (χ2n) is 3.18. The van der Waals surface area contributed by atoms with Gasteiger partial charge >= 0.3 is 0 Å². The molecular formula is C10H16N2. The van der Waals surface area contributed by atoms with E-state index in [0.29, 0.717) is 5.92 Å². The van der Waals surface area contributed by atoms with Crippen LogP contribution in [-0.4, -0.2) is 6.21 Å². The van der Waals surface area contributed by atoms with Crippen LogP contribution in [0.5, 0.6) is 0 Å². The molecule has 1 aliphatic rings. The number of nitrogens with one attached hydrogen (secondary N) is 2. The van der Waals surface area contributed by atoms with Gasteiger partial charge in [-0.1, -0.05) is 6.58 Å². The molecule has 0 spiro atoms. The van der Waals surface area contributed by atoms with Gasteiger partial charge in [-0.3, -0.25) is 0 Å². The van der Waals surface area contributed by atoms with Crippen molar-refractivity contribution in [3.05, 3.63) is 24.0 Å². The molecule has 1 atom stereocenters. The number of allylic oxidation sites excluding steroid dienone is 2. The summed E-state index contributed by atoms with van der Waals surface area (Å²) in [6, 6.07) is 0. The predicted molar refractivity (Wildman–Crippen MR) is 52.2 cm³/mol. The molecule has 0 fully saturated rings. The Balaban J connectivity index is 2.78. The van der Waals surface area contributed by atoms with Crippen molar-refractivity contribution in [1.29, 1.82) is 5.41 Å². The van der Waals surface area contributed by atoms with Gasteiger partial charge in [-0.2, -0.15) is 0 Å². The molecule has 0 saturated heterocycles. The Morgan fingerprint density at radius 2 is 2.42 bits per heavy atom. The molecule has 12 heavy (non-hydrogen) atoms. The lowest BCUT2D eigenvalue weighted by molar-refractivity contribution is 0.588. The quantitative estimate of drug-likeness (QED) is 0.617. The van der Waals surface area contributed by atoms with E-state index in [0.717, 1.165) is 12.8 Å². The van der Waals surface area contributed by atoms with Gasteiger partial charge in [0, 0.05) is 17.8 Å². The number of rotatable bonds is 3. The molecule has 2 nitrogen and oxygen atoms in total. The maximum absolute atomic E-state index is 7.24. The van der Waals surface area contributed by atoms with Crippen LogP contribution in [-0.2, 0) is 0 Å². The van der Waals surface area contributed by atoms with Gasteiger partial charge < -0.3 is 10.7 Å². The molecule has 0 aromatic carbocycles. The smallest absolute Gasteiger partial charge is 0.0162 e. The fourth-order valence-electron chi connectivity index (χ4n) is 1.65. The third-order valence-electron chi connectivity index (χ3n) is 2.45. The Bertz CT molecular complexity index is 216. The lowest BCUT2D eigenvalue weighted by Crippen LogP contribution is -2.17. The summed E-state index contributed by atoms with van der Waals surface area (Å²) >= 11 is 0. The first-order chi connectivity index (χ1) is 5.79. The van der Waals surface area contributed by atoms with Crippen molar-refractivity contribution in [1.82, 2.24) is 5.32 Å². The molecule has 0 amide bonds.